The third-order valence-electron chi connectivity index (χ3n) is 5.67. The first-order valence-corrected chi connectivity index (χ1v) is 10.1. The molecule has 8 nitrogen and oxygen atoms in total. The molecule has 1 saturated heterocycles. The zero-order valence-electron chi connectivity index (χ0n) is 17.1. The number of hydrogen-bond donors (Lipinski definition) is 1. The first-order chi connectivity index (χ1) is 15.1. The third-order valence-corrected chi connectivity index (χ3v) is 5.67. The summed E-state index contributed by atoms with van der Waals surface area (Å²) in [6, 6.07) is 11.8. The molecule has 0 amide bonds. The lowest BCUT2D eigenvalue weighted by Gasteiger charge is -2.28. The number of fused-ring (bicyclic) bond motifs is 1. The quantitative estimate of drug-likeness (QED) is 0.555. The van der Waals surface area contributed by atoms with Crippen molar-refractivity contribution in [3.63, 3.8) is 0 Å². The van der Waals surface area contributed by atoms with Crippen molar-refractivity contribution in [2.45, 2.75) is 0 Å². The topological polar surface area (TPSA) is 91.2 Å². The number of aromatic nitrogens is 4. The summed E-state index contributed by atoms with van der Waals surface area (Å²) in [5.41, 5.74) is 4.53. The van der Waals surface area contributed by atoms with E-state index in [-0.39, 0.29) is 5.56 Å². The van der Waals surface area contributed by atoms with Gasteiger partial charge in [-0.15, -0.1) is 0 Å². The van der Waals surface area contributed by atoms with E-state index >= 15 is 0 Å². The Morgan fingerprint density at radius 3 is 2.61 bits per heavy atom. The van der Waals surface area contributed by atoms with Gasteiger partial charge in [0.1, 0.15) is 11.9 Å². The first kappa shape index (κ1) is 19.0. The fraction of sp³-hybridized carbons (Fsp3) is 0.217. The van der Waals surface area contributed by atoms with Crippen molar-refractivity contribution in [2.24, 2.45) is 7.05 Å². The highest BCUT2D eigenvalue weighted by Crippen LogP contribution is 2.32. The van der Waals surface area contributed by atoms with Gasteiger partial charge in [0, 0.05) is 74.6 Å². The van der Waals surface area contributed by atoms with Crippen molar-refractivity contribution in [3.05, 3.63) is 71.0 Å². The number of aryl methyl sites for hydroxylation is 1. The molecule has 4 aromatic rings. The van der Waals surface area contributed by atoms with E-state index in [9.17, 15) is 10.1 Å². The van der Waals surface area contributed by atoms with Gasteiger partial charge in [0.2, 0.25) is 0 Å². The van der Waals surface area contributed by atoms with Gasteiger partial charge in [-0.25, -0.2) is 9.50 Å². The van der Waals surface area contributed by atoms with E-state index in [1.807, 2.05) is 36.7 Å². The van der Waals surface area contributed by atoms with Crippen molar-refractivity contribution in [1.82, 2.24) is 24.5 Å². The Morgan fingerprint density at radius 1 is 1.06 bits per heavy atom. The summed E-state index contributed by atoms with van der Waals surface area (Å²) >= 11 is 0. The van der Waals surface area contributed by atoms with Gasteiger partial charge in [-0.3, -0.25) is 4.79 Å². The molecule has 31 heavy (non-hydrogen) atoms. The zero-order chi connectivity index (χ0) is 21.4. The summed E-state index contributed by atoms with van der Waals surface area (Å²) in [4.78, 5) is 19.1. The van der Waals surface area contributed by atoms with Crippen LogP contribution in [-0.2, 0) is 7.05 Å². The van der Waals surface area contributed by atoms with Crippen LogP contribution in [0, 0.1) is 11.3 Å². The normalized spacial score (nSPS) is 14.0. The molecule has 1 N–H and O–H groups in total. The largest absolute Gasteiger partial charge is 0.354 e. The number of nitriles is 1. The van der Waals surface area contributed by atoms with Gasteiger partial charge in [0.05, 0.1) is 17.3 Å². The molecule has 0 spiro atoms. The van der Waals surface area contributed by atoms with Crippen molar-refractivity contribution in [3.8, 4) is 28.3 Å². The van der Waals surface area contributed by atoms with Crippen LogP contribution in [0.1, 0.15) is 5.56 Å². The first-order valence-electron chi connectivity index (χ1n) is 10.1. The molecule has 0 bridgehead atoms. The Balaban J connectivity index is 1.64. The average Bonchev–Trinajstić information content (AvgIpc) is 3.24. The number of anilines is 1. The summed E-state index contributed by atoms with van der Waals surface area (Å²) in [6.07, 6.45) is 7.00. The van der Waals surface area contributed by atoms with Crippen LogP contribution in [0.15, 0.2) is 59.9 Å². The van der Waals surface area contributed by atoms with E-state index in [0.717, 1.165) is 59.8 Å². The third kappa shape index (κ3) is 3.45. The smallest absolute Gasteiger partial charge is 0.250 e. The second-order valence-corrected chi connectivity index (χ2v) is 7.61. The second kappa shape index (κ2) is 7.70. The molecular weight excluding hydrogens is 390 g/mol. The molecule has 1 aliphatic heterocycles. The maximum atomic E-state index is 12.1. The summed E-state index contributed by atoms with van der Waals surface area (Å²) in [6.45, 7) is 3.75. The van der Waals surface area contributed by atoms with Crippen LogP contribution in [0.25, 0.3) is 27.8 Å². The van der Waals surface area contributed by atoms with Gasteiger partial charge >= 0.3 is 0 Å². The second-order valence-electron chi connectivity index (χ2n) is 7.61. The molecule has 5 rings (SSSR count). The summed E-state index contributed by atoms with van der Waals surface area (Å²) < 4.78 is 3.23. The highest BCUT2D eigenvalue weighted by molar-refractivity contribution is 5.87. The molecule has 8 heteroatoms. The van der Waals surface area contributed by atoms with Crippen LogP contribution in [0.3, 0.4) is 0 Å². The summed E-state index contributed by atoms with van der Waals surface area (Å²) in [7, 11) is 1.72. The Hall–Kier alpha value is -3.96. The zero-order valence-corrected chi connectivity index (χ0v) is 17.1. The molecule has 0 unspecified atom stereocenters. The van der Waals surface area contributed by atoms with Gasteiger partial charge in [0.15, 0.2) is 0 Å². The monoisotopic (exact) mass is 411 g/mol. The molecule has 1 aliphatic rings. The van der Waals surface area contributed by atoms with E-state index in [2.05, 4.69) is 26.4 Å². The van der Waals surface area contributed by atoms with Crippen molar-refractivity contribution < 1.29 is 0 Å². The van der Waals surface area contributed by atoms with Crippen molar-refractivity contribution in [1.29, 1.82) is 5.26 Å². The number of piperazine rings is 1. The average molecular weight is 411 g/mol. The van der Waals surface area contributed by atoms with Gasteiger partial charge in [-0.05, 0) is 29.8 Å². The molecule has 0 radical (unpaired) electrons. The van der Waals surface area contributed by atoms with Crippen molar-refractivity contribution >= 4 is 11.3 Å². The van der Waals surface area contributed by atoms with Crippen molar-refractivity contribution in [2.75, 3.05) is 31.1 Å². The lowest BCUT2D eigenvalue weighted by Crippen LogP contribution is -2.43. The molecule has 1 fully saturated rings. The van der Waals surface area contributed by atoms with Gasteiger partial charge in [-0.1, -0.05) is 0 Å². The maximum absolute atomic E-state index is 12.1. The highest BCUT2D eigenvalue weighted by Gasteiger charge is 2.16. The molecule has 0 aromatic carbocycles. The lowest BCUT2D eigenvalue weighted by atomic mass is 10.0. The summed E-state index contributed by atoms with van der Waals surface area (Å²) in [5.74, 6) is 0.943. The lowest BCUT2D eigenvalue weighted by molar-refractivity contribution is 0.585. The van der Waals surface area contributed by atoms with Crippen LogP contribution in [0.2, 0.25) is 0 Å². The standard InChI is InChI=1S/C23H21N7O/c1-28-7-4-16(11-22(28)31)18-10-20(23-19(12-24)14-27-30(23)15-18)17-2-3-21(26-13-17)29-8-5-25-6-9-29/h2-4,7,10-11,13-15,25H,5-6,8-9H2,1H3. The minimum absolute atomic E-state index is 0.0839. The Bertz CT molecular complexity index is 1360. The number of pyridine rings is 3. The molecular formula is C23H21N7O. The minimum Gasteiger partial charge on any atom is -0.354 e. The van der Waals surface area contributed by atoms with E-state index in [0.29, 0.717) is 5.56 Å². The van der Waals surface area contributed by atoms with Crippen LogP contribution in [-0.4, -0.2) is 45.3 Å². The Morgan fingerprint density at radius 2 is 1.90 bits per heavy atom. The SMILES string of the molecule is Cn1ccc(-c2cc(-c3ccc(N4CCNCC4)nc3)c3c(C#N)cnn3c2)cc1=O. The van der Waals surface area contributed by atoms with Crippen LogP contribution < -0.4 is 15.8 Å². The minimum atomic E-state index is -0.0839. The van der Waals surface area contributed by atoms with E-state index in [1.165, 1.54) is 4.57 Å². The van der Waals surface area contributed by atoms with Gasteiger partial charge in [0.25, 0.3) is 5.56 Å². The summed E-state index contributed by atoms with van der Waals surface area (Å²) in [5, 5.41) is 17.3. The predicted octanol–water partition coefficient (Wildman–Crippen LogP) is 2.04. The maximum Gasteiger partial charge on any atom is 0.250 e. The number of nitrogens with one attached hydrogen (secondary N) is 1. The molecule has 0 saturated carbocycles. The van der Waals surface area contributed by atoms with Crippen LogP contribution in [0.5, 0.6) is 0 Å². The van der Waals surface area contributed by atoms with E-state index in [4.69, 9.17) is 0 Å². The molecule has 4 aromatic heterocycles. The number of rotatable bonds is 3. The van der Waals surface area contributed by atoms with Gasteiger partial charge < -0.3 is 14.8 Å². The molecule has 154 valence electrons. The number of nitrogens with zero attached hydrogens (tertiary/aromatic N) is 6. The molecule has 0 atom stereocenters. The molecule has 0 aliphatic carbocycles. The Kier molecular flexibility index (Phi) is 4.73. The van der Waals surface area contributed by atoms with Crippen LogP contribution in [0.4, 0.5) is 5.82 Å². The number of hydrogen-bond acceptors (Lipinski definition) is 6. The highest BCUT2D eigenvalue weighted by atomic mass is 16.1. The van der Waals surface area contributed by atoms with Gasteiger partial charge in [-0.2, -0.15) is 10.4 Å². The predicted molar refractivity (Wildman–Crippen MR) is 119 cm³/mol. The fourth-order valence-corrected chi connectivity index (χ4v) is 3.94. The van der Waals surface area contributed by atoms with E-state index in [1.54, 1.807) is 30.0 Å². The fourth-order valence-electron chi connectivity index (χ4n) is 3.94. The van der Waals surface area contributed by atoms with E-state index < -0.39 is 0 Å². The molecule has 5 heterocycles. The van der Waals surface area contributed by atoms with Crippen LogP contribution >= 0.6 is 0 Å². The Labute approximate surface area is 179 Å².